The molecule has 1 N–H and O–H groups in total. The Morgan fingerprint density at radius 3 is 1.07 bits per heavy atom. The first-order valence-corrected chi connectivity index (χ1v) is 20.9. The summed E-state index contributed by atoms with van der Waals surface area (Å²) in [6, 6.07) is 0. The smallest absolute Gasteiger partial charge is 0.273 e. The van der Waals surface area contributed by atoms with Gasteiger partial charge in [0, 0.05) is 12.8 Å². The van der Waals surface area contributed by atoms with E-state index >= 15 is 0 Å². The number of nitrogens with zero attached hydrogens (tertiary/aromatic N) is 1. The Morgan fingerprint density at radius 1 is 0.533 bits per heavy atom. The minimum Gasteiger partial charge on any atom is -0.628 e. The Balaban J connectivity index is 4.44. The molecule has 1 unspecified atom stereocenters. The van der Waals surface area contributed by atoms with E-state index < -0.39 is 13.7 Å². The number of hydrogen-bond donors (Lipinski definition) is 1. The number of Topliss-reactive ketones (excluding diaryl/α,β-unsaturated/α-hetero) is 2. The van der Waals surface area contributed by atoms with Crippen LogP contribution in [-0.4, -0.2) is 60.5 Å². The second kappa shape index (κ2) is 30.7. The summed E-state index contributed by atoms with van der Waals surface area (Å²) in [6.07, 6.45) is 33.2. The van der Waals surface area contributed by atoms with Gasteiger partial charge in [-0.05, 0) is 12.8 Å². The van der Waals surface area contributed by atoms with Crippen molar-refractivity contribution < 1.29 is 24.1 Å². The molecule has 45 heavy (non-hydrogen) atoms. The monoisotopic (exact) mass is 655 g/mol. The predicted octanol–water partition coefficient (Wildman–Crippen LogP) is 10.7. The lowest BCUT2D eigenvalue weighted by molar-refractivity contribution is -0.861. The third kappa shape index (κ3) is 29.3. The maximum atomic E-state index is 13.2. The summed E-state index contributed by atoms with van der Waals surface area (Å²) in [5.74, 6) is -0.976. The Bertz CT molecular complexity index is 704. The topological polar surface area (TPSA) is 77.4 Å². The molecule has 0 heterocycles. The first kappa shape index (κ1) is 44.4. The van der Waals surface area contributed by atoms with Gasteiger partial charge in [-0.3, -0.25) is 9.59 Å². The third-order valence-corrected chi connectivity index (χ3v) is 10.5. The Hall–Kier alpha value is -0.610. The molecule has 0 bridgehead atoms. The molecule has 0 aliphatic rings. The highest BCUT2D eigenvalue weighted by Gasteiger charge is 2.30. The van der Waals surface area contributed by atoms with Crippen LogP contribution in [0.1, 0.15) is 194 Å². The van der Waals surface area contributed by atoms with Gasteiger partial charge in [0.15, 0.2) is 6.54 Å². The fourth-order valence-corrected chi connectivity index (χ4v) is 7.67. The molecule has 1 atom stereocenters. The highest BCUT2D eigenvalue weighted by atomic mass is 31.1. The van der Waals surface area contributed by atoms with Crippen molar-refractivity contribution in [3.8, 4) is 0 Å². The number of likely N-dealkylation sites (N-methyl/N-ethyl adjacent to an activating group) is 1. The normalized spacial score (nSPS) is 12.6. The molecule has 0 amide bonds. The van der Waals surface area contributed by atoms with Gasteiger partial charge >= 0.3 is 0 Å². The quantitative estimate of drug-likeness (QED) is 0.0324. The summed E-state index contributed by atoms with van der Waals surface area (Å²) in [6.45, 7) is 4.79. The van der Waals surface area contributed by atoms with E-state index in [1.165, 1.54) is 128 Å². The third-order valence-electron chi connectivity index (χ3n) is 9.08. The van der Waals surface area contributed by atoms with Gasteiger partial charge in [0.2, 0.25) is 0 Å². The number of carbonyl (C=O) groups excluding carboxylic acids is 2. The standard InChI is InChI=1S/C39H76NO4P/c1-6-8-10-12-14-16-18-20-22-24-26-28-30-32-37(41)36(35-45(44)39(43)34-40(3,4)5)38(42)33-31-29-27-25-23-21-19-17-15-13-11-9-7-2/h36H,6-35H2,1-5H3/p+1. The van der Waals surface area contributed by atoms with Crippen LogP contribution in [0.25, 0.3) is 0 Å². The average Bonchev–Trinajstić information content (AvgIpc) is 2.99. The highest BCUT2D eigenvalue weighted by molar-refractivity contribution is 7.51. The van der Waals surface area contributed by atoms with Crippen LogP contribution in [0.5, 0.6) is 0 Å². The van der Waals surface area contributed by atoms with Crippen molar-refractivity contribution in [1.82, 2.24) is 0 Å². The van der Waals surface area contributed by atoms with Crippen LogP contribution in [0.15, 0.2) is 0 Å². The SMILES string of the molecule is CCCCCCCCCCCCCCCC(=O)C(C/[P+]([O-])=C(\O)C[N+](C)(C)C)C(=O)CCCCCCCCCCCCCCC. The first-order valence-electron chi connectivity index (χ1n) is 19.5. The van der Waals surface area contributed by atoms with E-state index in [4.69, 9.17) is 0 Å². The van der Waals surface area contributed by atoms with Gasteiger partial charge in [-0.15, -0.1) is 0 Å². The Labute approximate surface area is 281 Å². The predicted molar refractivity (Wildman–Crippen MR) is 196 cm³/mol. The van der Waals surface area contributed by atoms with Gasteiger partial charge in [-0.2, -0.15) is 0 Å². The second-order valence-corrected chi connectivity index (χ2v) is 16.5. The molecule has 0 aliphatic carbocycles. The van der Waals surface area contributed by atoms with Gasteiger partial charge in [0.1, 0.15) is 23.6 Å². The van der Waals surface area contributed by atoms with Crippen LogP contribution in [0, 0.1) is 5.92 Å². The highest BCUT2D eigenvalue weighted by Crippen LogP contribution is 2.24. The minimum atomic E-state index is -2.12. The lowest BCUT2D eigenvalue weighted by Gasteiger charge is -2.22. The van der Waals surface area contributed by atoms with Crippen LogP contribution in [0.2, 0.25) is 0 Å². The maximum Gasteiger partial charge on any atom is 0.273 e. The van der Waals surface area contributed by atoms with Gasteiger partial charge in [-0.1, -0.05) is 168 Å². The van der Waals surface area contributed by atoms with Gasteiger partial charge in [0.25, 0.3) is 5.48 Å². The van der Waals surface area contributed by atoms with E-state index in [0.29, 0.717) is 17.3 Å². The van der Waals surface area contributed by atoms with Crippen molar-refractivity contribution in [2.24, 2.45) is 5.92 Å². The molecule has 5 nitrogen and oxygen atoms in total. The van der Waals surface area contributed by atoms with Crippen LogP contribution in [0.4, 0.5) is 0 Å². The zero-order valence-corrected chi connectivity index (χ0v) is 31.8. The number of unbranched alkanes of at least 4 members (excludes halogenated alkanes) is 24. The summed E-state index contributed by atoms with van der Waals surface area (Å²) in [7, 11) is 3.66. The summed E-state index contributed by atoms with van der Waals surface area (Å²) in [5.41, 5.74) is -0.0787. The number of carbonyl (C=O) groups is 2. The van der Waals surface area contributed by atoms with Crippen molar-refractivity contribution in [2.75, 3.05) is 33.8 Å². The van der Waals surface area contributed by atoms with Gasteiger partial charge in [0.05, 0.1) is 28.9 Å². The fraction of sp³-hybridized carbons (Fsp3) is 0.923. The summed E-state index contributed by atoms with van der Waals surface area (Å²) >= 11 is 0. The molecule has 0 spiro atoms. The van der Waals surface area contributed by atoms with Crippen LogP contribution < -0.4 is 4.89 Å². The molecule has 0 aromatic rings. The van der Waals surface area contributed by atoms with Crippen molar-refractivity contribution in [3.05, 3.63) is 0 Å². The Kier molecular flexibility index (Phi) is 30.3. The van der Waals surface area contributed by atoms with Crippen LogP contribution in [-0.2, 0) is 9.59 Å². The summed E-state index contributed by atoms with van der Waals surface area (Å²) in [4.78, 5) is 39.4. The van der Waals surface area contributed by atoms with Crippen molar-refractivity contribution in [2.45, 2.75) is 194 Å². The molecule has 0 rings (SSSR count). The first-order chi connectivity index (χ1) is 21.6. The van der Waals surface area contributed by atoms with E-state index in [1.54, 1.807) is 0 Å². The van der Waals surface area contributed by atoms with E-state index in [0.717, 1.165) is 38.5 Å². The van der Waals surface area contributed by atoms with E-state index in [9.17, 15) is 19.6 Å². The second-order valence-electron chi connectivity index (χ2n) is 14.9. The molecule has 0 saturated carbocycles. The molecular formula is C39H77NO4P+. The number of hydrogen-bond acceptors (Lipinski definition) is 3. The minimum absolute atomic E-state index is 0.0320. The molecule has 0 fully saturated rings. The largest absolute Gasteiger partial charge is 0.628 e. The van der Waals surface area contributed by atoms with E-state index in [-0.39, 0.29) is 29.8 Å². The van der Waals surface area contributed by atoms with E-state index in [2.05, 4.69) is 13.8 Å². The van der Waals surface area contributed by atoms with Crippen molar-refractivity contribution in [3.63, 3.8) is 0 Å². The van der Waals surface area contributed by atoms with Crippen LogP contribution in [0.3, 0.4) is 0 Å². The summed E-state index contributed by atoms with van der Waals surface area (Å²) in [5, 5.41) is 10.5. The zero-order valence-electron chi connectivity index (χ0n) is 30.9. The number of rotatable bonds is 34. The van der Waals surface area contributed by atoms with Crippen molar-refractivity contribution in [1.29, 1.82) is 0 Å². The van der Waals surface area contributed by atoms with Crippen molar-refractivity contribution >= 4 is 24.8 Å². The molecule has 266 valence electrons. The average molecular weight is 655 g/mol. The molecule has 0 aromatic carbocycles. The molecule has 0 saturated heterocycles. The lowest BCUT2D eigenvalue weighted by Crippen LogP contribution is -2.40. The molecule has 0 radical (unpaired) electrons. The van der Waals surface area contributed by atoms with Crippen LogP contribution >= 0.6 is 7.77 Å². The number of quaternary nitrogens is 1. The van der Waals surface area contributed by atoms with E-state index in [1.807, 2.05) is 21.1 Å². The fourth-order valence-electron chi connectivity index (χ4n) is 6.14. The van der Waals surface area contributed by atoms with Gasteiger partial charge in [-0.25, -0.2) is 0 Å². The number of ketones is 2. The zero-order chi connectivity index (χ0) is 33.6. The number of aliphatic hydroxyl groups excluding tert-OH is 1. The summed E-state index contributed by atoms with van der Waals surface area (Å²) < 4.78 is 0.456. The molecule has 6 heteroatoms. The molecular weight excluding hydrogens is 577 g/mol. The van der Waals surface area contributed by atoms with Gasteiger partial charge < -0.3 is 14.5 Å². The number of aliphatic hydroxyl groups is 1. The molecule has 0 aromatic heterocycles. The maximum absolute atomic E-state index is 13.2. The molecule has 0 aliphatic heterocycles. The Morgan fingerprint density at radius 2 is 0.800 bits per heavy atom. The lowest BCUT2D eigenvalue weighted by atomic mass is 9.93.